The van der Waals surface area contributed by atoms with Crippen molar-refractivity contribution >= 4 is 17.7 Å². The minimum absolute atomic E-state index is 0.0117. The van der Waals surface area contributed by atoms with Crippen LogP contribution in [0.3, 0.4) is 0 Å². The maximum atomic E-state index is 13.2. The Hall–Kier alpha value is -3.78. The zero-order valence-electron chi connectivity index (χ0n) is 19.7. The molecule has 0 radical (unpaired) electrons. The quantitative estimate of drug-likeness (QED) is 0.271. The fourth-order valence-electron chi connectivity index (χ4n) is 3.53. The zero-order chi connectivity index (χ0) is 24.5. The number of hydrogen-bond acceptors (Lipinski definition) is 7. The van der Waals surface area contributed by atoms with Crippen molar-refractivity contribution in [1.82, 2.24) is 15.1 Å². The smallest absolute Gasteiger partial charge is 0.277 e. The molecule has 0 spiro atoms. The largest absolute Gasteiger partial charge is 0.497 e. The van der Waals surface area contributed by atoms with Gasteiger partial charge in [-0.3, -0.25) is 4.79 Å². The van der Waals surface area contributed by atoms with Gasteiger partial charge in [0.1, 0.15) is 11.5 Å². The van der Waals surface area contributed by atoms with E-state index < -0.39 is 0 Å². The van der Waals surface area contributed by atoms with Crippen molar-refractivity contribution in [3.63, 3.8) is 0 Å². The summed E-state index contributed by atoms with van der Waals surface area (Å²) in [5.41, 5.74) is 2.97. The number of amides is 1. The normalized spacial score (nSPS) is 10.7. The van der Waals surface area contributed by atoms with E-state index in [9.17, 15) is 4.79 Å². The van der Waals surface area contributed by atoms with Gasteiger partial charge in [-0.25, -0.2) is 0 Å². The molecule has 180 valence electrons. The van der Waals surface area contributed by atoms with Crippen LogP contribution in [-0.2, 0) is 17.8 Å². The molecule has 7 nitrogen and oxygen atoms in total. The van der Waals surface area contributed by atoms with Gasteiger partial charge in [-0.2, -0.15) is 0 Å². The number of thioether (sulfide) groups is 1. The third kappa shape index (κ3) is 6.86. The zero-order valence-corrected chi connectivity index (χ0v) is 20.5. The molecular formula is C27H27N3O4S. The van der Waals surface area contributed by atoms with E-state index in [1.165, 1.54) is 17.3 Å². The van der Waals surface area contributed by atoms with Crippen LogP contribution in [0, 0.1) is 0 Å². The van der Waals surface area contributed by atoms with Crippen LogP contribution in [0.25, 0.3) is 11.5 Å². The van der Waals surface area contributed by atoms with E-state index in [0.717, 1.165) is 12.0 Å². The maximum Gasteiger partial charge on any atom is 0.277 e. The third-order valence-electron chi connectivity index (χ3n) is 5.41. The van der Waals surface area contributed by atoms with Gasteiger partial charge in [0.2, 0.25) is 11.8 Å². The van der Waals surface area contributed by atoms with Gasteiger partial charge >= 0.3 is 0 Å². The lowest BCUT2D eigenvalue weighted by Gasteiger charge is -2.22. The van der Waals surface area contributed by atoms with E-state index in [2.05, 4.69) is 22.3 Å². The predicted octanol–water partition coefficient (Wildman–Crippen LogP) is 5.12. The van der Waals surface area contributed by atoms with Crippen molar-refractivity contribution in [2.24, 2.45) is 0 Å². The van der Waals surface area contributed by atoms with E-state index in [0.29, 0.717) is 41.3 Å². The second-order valence-electron chi connectivity index (χ2n) is 7.80. The molecule has 0 aliphatic carbocycles. The second-order valence-corrected chi connectivity index (χ2v) is 8.73. The maximum absolute atomic E-state index is 13.2. The summed E-state index contributed by atoms with van der Waals surface area (Å²) in [6.45, 7) is 1.17. The monoisotopic (exact) mass is 489 g/mol. The van der Waals surface area contributed by atoms with E-state index in [1.807, 2.05) is 53.4 Å². The molecule has 4 aromatic rings. The summed E-state index contributed by atoms with van der Waals surface area (Å²) in [6, 6.07) is 25.5. The van der Waals surface area contributed by atoms with Crippen molar-refractivity contribution in [2.45, 2.75) is 18.2 Å². The van der Waals surface area contributed by atoms with Crippen LogP contribution in [0.4, 0.5) is 0 Å². The molecule has 0 atom stereocenters. The first-order valence-corrected chi connectivity index (χ1v) is 12.2. The molecule has 0 aliphatic rings. The lowest BCUT2D eigenvalue weighted by molar-refractivity contribution is -0.128. The lowest BCUT2D eigenvalue weighted by atomic mass is 10.1. The molecule has 8 heteroatoms. The summed E-state index contributed by atoms with van der Waals surface area (Å²) in [4.78, 5) is 15.0. The first-order chi connectivity index (χ1) is 17.1. The van der Waals surface area contributed by atoms with Gasteiger partial charge in [-0.05, 0) is 29.7 Å². The molecule has 1 amide bonds. The Morgan fingerprint density at radius 1 is 0.886 bits per heavy atom. The van der Waals surface area contributed by atoms with E-state index in [-0.39, 0.29) is 11.7 Å². The predicted molar refractivity (Wildman–Crippen MR) is 136 cm³/mol. The second kappa shape index (κ2) is 12.1. The lowest BCUT2D eigenvalue weighted by Crippen LogP contribution is -2.33. The first-order valence-electron chi connectivity index (χ1n) is 11.2. The number of benzene rings is 3. The highest BCUT2D eigenvalue weighted by atomic mass is 32.2. The number of carbonyl (C=O) groups excluding carboxylic acids is 1. The van der Waals surface area contributed by atoms with E-state index in [1.54, 1.807) is 32.4 Å². The SMILES string of the molecule is COc1cc(OC)cc(-c2nnc(SCC(=O)N(CCc3ccccc3)Cc3ccccc3)o2)c1. The Morgan fingerprint density at radius 2 is 1.51 bits per heavy atom. The minimum atomic E-state index is 0.0117. The Labute approximate surface area is 209 Å². The van der Waals surface area contributed by atoms with Gasteiger partial charge < -0.3 is 18.8 Å². The summed E-state index contributed by atoms with van der Waals surface area (Å²) < 4.78 is 16.4. The summed E-state index contributed by atoms with van der Waals surface area (Å²) >= 11 is 1.23. The Bertz CT molecular complexity index is 1210. The molecule has 1 heterocycles. The number of hydrogen-bond donors (Lipinski definition) is 0. The van der Waals surface area contributed by atoms with Crippen LogP contribution in [0.5, 0.6) is 11.5 Å². The third-order valence-corrected chi connectivity index (χ3v) is 6.21. The Balaban J connectivity index is 1.42. The van der Waals surface area contributed by atoms with E-state index >= 15 is 0 Å². The number of methoxy groups -OCH3 is 2. The molecule has 0 fully saturated rings. The summed E-state index contributed by atoms with van der Waals surface area (Å²) in [7, 11) is 3.16. The van der Waals surface area contributed by atoms with Gasteiger partial charge in [0, 0.05) is 24.7 Å². The van der Waals surface area contributed by atoms with Crippen LogP contribution in [-0.4, -0.2) is 47.5 Å². The number of rotatable bonds is 11. The van der Waals surface area contributed by atoms with Crippen LogP contribution >= 0.6 is 11.8 Å². The minimum Gasteiger partial charge on any atom is -0.497 e. The summed E-state index contributed by atoms with van der Waals surface area (Å²) in [5.74, 6) is 1.79. The molecule has 0 saturated heterocycles. The molecule has 0 N–H and O–H groups in total. The molecule has 1 aromatic heterocycles. The highest BCUT2D eigenvalue weighted by molar-refractivity contribution is 7.99. The fraction of sp³-hybridized carbons (Fsp3) is 0.222. The van der Waals surface area contributed by atoms with Gasteiger partial charge in [-0.15, -0.1) is 10.2 Å². The number of aromatic nitrogens is 2. The number of carbonyl (C=O) groups is 1. The highest BCUT2D eigenvalue weighted by Gasteiger charge is 2.18. The van der Waals surface area contributed by atoms with Gasteiger partial charge in [-0.1, -0.05) is 72.4 Å². The van der Waals surface area contributed by atoms with Crippen molar-refractivity contribution in [2.75, 3.05) is 26.5 Å². The average Bonchev–Trinajstić information content (AvgIpc) is 3.39. The fourth-order valence-corrected chi connectivity index (χ4v) is 4.20. The topological polar surface area (TPSA) is 77.7 Å². The van der Waals surface area contributed by atoms with Crippen molar-refractivity contribution in [3.8, 4) is 23.0 Å². The Morgan fingerprint density at radius 3 is 2.14 bits per heavy atom. The standard InChI is InChI=1S/C27H27N3O4S/c1-32-23-15-22(16-24(17-23)33-2)26-28-29-27(34-26)35-19-25(31)30(18-21-11-7-4-8-12-21)14-13-20-9-5-3-6-10-20/h3-12,15-17H,13-14,18-19H2,1-2H3. The van der Waals surface area contributed by atoms with Gasteiger partial charge in [0.25, 0.3) is 5.22 Å². The molecule has 35 heavy (non-hydrogen) atoms. The molecule has 0 aliphatic heterocycles. The van der Waals surface area contributed by atoms with Gasteiger partial charge in [0.15, 0.2) is 0 Å². The molecule has 0 unspecified atom stereocenters. The van der Waals surface area contributed by atoms with Crippen molar-refractivity contribution in [1.29, 1.82) is 0 Å². The molecular weight excluding hydrogens is 462 g/mol. The molecule has 4 rings (SSSR count). The van der Waals surface area contributed by atoms with Crippen LogP contribution in [0.15, 0.2) is 88.5 Å². The van der Waals surface area contributed by atoms with Crippen LogP contribution < -0.4 is 9.47 Å². The van der Waals surface area contributed by atoms with Crippen LogP contribution in [0.2, 0.25) is 0 Å². The summed E-state index contributed by atoms with van der Waals surface area (Å²) in [5, 5.41) is 8.57. The van der Waals surface area contributed by atoms with Crippen LogP contribution in [0.1, 0.15) is 11.1 Å². The van der Waals surface area contributed by atoms with Crippen molar-refractivity contribution < 1.29 is 18.7 Å². The summed E-state index contributed by atoms with van der Waals surface area (Å²) in [6.07, 6.45) is 0.784. The molecule has 0 saturated carbocycles. The van der Waals surface area contributed by atoms with E-state index in [4.69, 9.17) is 13.9 Å². The van der Waals surface area contributed by atoms with Crippen molar-refractivity contribution in [3.05, 3.63) is 90.0 Å². The highest BCUT2D eigenvalue weighted by Crippen LogP contribution is 2.30. The first kappa shape index (κ1) is 24.3. The number of ether oxygens (including phenoxy) is 2. The van der Waals surface area contributed by atoms with Gasteiger partial charge in [0.05, 0.1) is 20.0 Å². The Kier molecular flexibility index (Phi) is 8.40. The molecule has 3 aromatic carbocycles. The average molecular weight is 490 g/mol. The molecule has 0 bridgehead atoms. The number of nitrogens with zero attached hydrogens (tertiary/aromatic N) is 3.